The fourth-order valence-electron chi connectivity index (χ4n) is 1.75. The van der Waals surface area contributed by atoms with E-state index in [1.807, 2.05) is 29.2 Å². The van der Waals surface area contributed by atoms with Crippen LogP contribution in [0.25, 0.3) is 11.1 Å². The molecule has 0 bridgehead atoms. The van der Waals surface area contributed by atoms with Crippen molar-refractivity contribution < 1.29 is 9.15 Å². The number of rotatable bonds is 7. The first kappa shape index (κ1) is 13.8. The zero-order chi connectivity index (χ0) is 13.7. The number of para-hydroxylation sites is 2. The predicted octanol–water partition coefficient (Wildman–Crippen LogP) is 1.96. The summed E-state index contributed by atoms with van der Waals surface area (Å²) in [5, 5.41) is 0. The normalized spacial score (nSPS) is 10.8. The molecule has 0 atom stereocenters. The second-order valence-corrected chi connectivity index (χ2v) is 4.68. The second-order valence-electron chi connectivity index (χ2n) is 4.16. The first-order valence-corrected chi connectivity index (χ1v) is 6.49. The van der Waals surface area contributed by atoms with E-state index in [2.05, 4.69) is 4.98 Å². The van der Waals surface area contributed by atoms with Crippen LogP contribution in [0.5, 0.6) is 0 Å². The smallest absolute Gasteiger partial charge is 0.298 e. The molecule has 19 heavy (non-hydrogen) atoms. The summed E-state index contributed by atoms with van der Waals surface area (Å²) in [6.45, 7) is 1.95. The summed E-state index contributed by atoms with van der Waals surface area (Å²) >= 11 is 4.91. The van der Waals surface area contributed by atoms with Crippen molar-refractivity contribution in [2.24, 2.45) is 5.73 Å². The van der Waals surface area contributed by atoms with Gasteiger partial charge in [-0.25, -0.2) is 0 Å². The van der Waals surface area contributed by atoms with E-state index >= 15 is 0 Å². The number of nitrogens with zero attached hydrogens (tertiary/aromatic N) is 2. The van der Waals surface area contributed by atoms with Gasteiger partial charge in [-0.05, 0) is 12.1 Å². The fourth-order valence-corrected chi connectivity index (χ4v) is 1.84. The van der Waals surface area contributed by atoms with Crippen LogP contribution in [0, 0.1) is 0 Å². The van der Waals surface area contributed by atoms with Crippen molar-refractivity contribution in [3.8, 4) is 0 Å². The molecule has 0 saturated carbocycles. The van der Waals surface area contributed by atoms with Gasteiger partial charge in [-0.3, -0.25) is 0 Å². The molecule has 102 valence electrons. The first-order valence-electron chi connectivity index (χ1n) is 6.08. The van der Waals surface area contributed by atoms with Crippen LogP contribution in [0.4, 0.5) is 6.01 Å². The van der Waals surface area contributed by atoms with Crippen LogP contribution in [0.15, 0.2) is 28.7 Å². The highest BCUT2D eigenvalue weighted by atomic mass is 32.1. The highest BCUT2D eigenvalue weighted by Gasteiger charge is 2.13. The largest absolute Gasteiger partial charge is 0.423 e. The molecule has 1 aromatic heterocycles. The maximum atomic E-state index is 5.73. The molecular formula is C13H17N3O2S. The molecule has 5 nitrogen and oxygen atoms in total. The summed E-state index contributed by atoms with van der Waals surface area (Å²) in [7, 11) is 1.66. The van der Waals surface area contributed by atoms with Crippen LogP contribution in [0.2, 0.25) is 0 Å². The maximum absolute atomic E-state index is 5.73. The van der Waals surface area contributed by atoms with Crippen molar-refractivity contribution in [3.63, 3.8) is 0 Å². The zero-order valence-electron chi connectivity index (χ0n) is 10.8. The lowest BCUT2D eigenvalue weighted by molar-refractivity contribution is 0.204. The van der Waals surface area contributed by atoms with E-state index in [1.54, 1.807) is 7.11 Å². The Hall–Kier alpha value is -1.66. The summed E-state index contributed by atoms with van der Waals surface area (Å²) in [5.41, 5.74) is 7.16. The summed E-state index contributed by atoms with van der Waals surface area (Å²) < 4.78 is 10.8. The van der Waals surface area contributed by atoms with E-state index in [9.17, 15) is 0 Å². The molecule has 0 saturated heterocycles. The van der Waals surface area contributed by atoms with Crippen LogP contribution >= 0.6 is 12.2 Å². The molecule has 0 unspecified atom stereocenters. The number of ether oxygens (including phenoxy) is 1. The number of nitrogens with two attached hydrogens (primary N) is 1. The SMILES string of the molecule is COCCN(CCC(N)=S)c1nc2ccccc2o1. The average molecular weight is 279 g/mol. The van der Waals surface area contributed by atoms with E-state index in [4.69, 9.17) is 27.1 Å². The molecule has 0 aliphatic carbocycles. The van der Waals surface area contributed by atoms with Gasteiger partial charge >= 0.3 is 0 Å². The Morgan fingerprint density at radius 1 is 1.42 bits per heavy atom. The Morgan fingerprint density at radius 3 is 2.89 bits per heavy atom. The topological polar surface area (TPSA) is 64.5 Å². The summed E-state index contributed by atoms with van der Waals surface area (Å²) in [5.74, 6) is 0. The lowest BCUT2D eigenvalue weighted by Gasteiger charge is -2.19. The molecule has 2 N–H and O–H groups in total. The second kappa shape index (κ2) is 6.49. The van der Waals surface area contributed by atoms with Gasteiger partial charge in [-0.1, -0.05) is 24.4 Å². The van der Waals surface area contributed by atoms with Gasteiger partial charge in [0.25, 0.3) is 6.01 Å². The third-order valence-corrected chi connectivity index (χ3v) is 2.95. The molecule has 0 amide bonds. The lowest BCUT2D eigenvalue weighted by Crippen LogP contribution is -2.30. The van der Waals surface area contributed by atoms with Crippen LogP contribution in [-0.4, -0.2) is 36.8 Å². The number of aromatic nitrogens is 1. The number of oxazole rings is 1. The van der Waals surface area contributed by atoms with E-state index in [-0.39, 0.29) is 0 Å². The minimum Gasteiger partial charge on any atom is -0.423 e. The van der Waals surface area contributed by atoms with Gasteiger partial charge in [0.05, 0.1) is 11.6 Å². The molecule has 1 aromatic carbocycles. The standard InChI is InChI=1S/C13H17N3O2S/c1-17-9-8-16(7-6-12(14)19)13-15-10-4-2-3-5-11(10)18-13/h2-5H,6-9H2,1H3,(H2,14,19). The number of thiocarbonyl (C=S) groups is 1. The van der Waals surface area contributed by atoms with Gasteiger partial charge in [0.1, 0.15) is 5.52 Å². The fraction of sp³-hybridized carbons (Fsp3) is 0.385. The molecule has 2 aromatic rings. The zero-order valence-corrected chi connectivity index (χ0v) is 11.7. The predicted molar refractivity (Wildman–Crippen MR) is 79.5 cm³/mol. The van der Waals surface area contributed by atoms with Crippen LogP contribution in [0.1, 0.15) is 6.42 Å². The van der Waals surface area contributed by atoms with Crippen molar-refractivity contribution in [2.45, 2.75) is 6.42 Å². The van der Waals surface area contributed by atoms with Gasteiger partial charge in [0, 0.05) is 26.6 Å². The van der Waals surface area contributed by atoms with Crippen molar-refractivity contribution in [1.29, 1.82) is 0 Å². The van der Waals surface area contributed by atoms with Gasteiger partial charge < -0.3 is 19.8 Å². The Kier molecular flexibility index (Phi) is 4.70. The quantitative estimate of drug-likeness (QED) is 0.782. The minimum atomic E-state index is 0.485. The van der Waals surface area contributed by atoms with Crippen LogP contribution < -0.4 is 10.6 Å². The Labute approximate surface area is 117 Å². The maximum Gasteiger partial charge on any atom is 0.298 e. The number of anilines is 1. The molecule has 0 radical (unpaired) electrons. The van der Waals surface area contributed by atoms with Crippen molar-refractivity contribution in [1.82, 2.24) is 4.98 Å². The lowest BCUT2D eigenvalue weighted by atomic mass is 10.3. The monoisotopic (exact) mass is 279 g/mol. The van der Waals surface area contributed by atoms with Gasteiger partial charge in [0.15, 0.2) is 5.58 Å². The van der Waals surface area contributed by atoms with Crippen molar-refractivity contribution in [3.05, 3.63) is 24.3 Å². The minimum absolute atomic E-state index is 0.485. The van der Waals surface area contributed by atoms with Gasteiger partial charge in [-0.15, -0.1) is 0 Å². The molecule has 0 aliphatic heterocycles. The Bertz CT molecular complexity index is 523. The van der Waals surface area contributed by atoms with Gasteiger partial charge in [0.2, 0.25) is 0 Å². The van der Waals surface area contributed by atoms with E-state index in [0.29, 0.717) is 37.1 Å². The van der Waals surface area contributed by atoms with Gasteiger partial charge in [-0.2, -0.15) is 4.98 Å². The molecule has 0 fully saturated rings. The van der Waals surface area contributed by atoms with Crippen molar-refractivity contribution in [2.75, 3.05) is 31.7 Å². The first-order chi connectivity index (χ1) is 9.20. The Balaban J connectivity index is 2.17. The molecule has 0 aliphatic rings. The molecule has 6 heteroatoms. The third-order valence-electron chi connectivity index (χ3n) is 2.75. The van der Waals surface area contributed by atoms with Crippen LogP contribution in [-0.2, 0) is 4.74 Å². The van der Waals surface area contributed by atoms with E-state index in [0.717, 1.165) is 11.1 Å². The number of methoxy groups -OCH3 is 1. The molecule has 1 heterocycles. The number of benzene rings is 1. The average Bonchev–Trinajstić information content (AvgIpc) is 2.82. The van der Waals surface area contributed by atoms with Crippen molar-refractivity contribution >= 4 is 34.3 Å². The molecule has 0 spiro atoms. The number of hydrogen-bond donors (Lipinski definition) is 1. The number of fused-ring (bicyclic) bond motifs is 1. The Morgan fingerprint density at radius 2 is 2.21 bits per heavy atom. The van der Waals surface area contributed by atoms with Crippen LogP contribution in [0.3, 0.4) is 0 Å². The molecule has 2 rings (SSSR count). The highest BCUT2D eigenvalue weighted by Crippen LogP contribution is 2.21. The van der Waals surface area contributed by atoms with E-state index < -0.39 is 0 Å². The van der Waals surface area contributed by atoms with E-state index in [1.165, 1.54) is 0 Å². The summed E-state index contributed by atoms with van der Waals surface area (Å²) in [6.07, 6.45) is 0.623. The third kappa shape index (κ3) is 3.65. The number of hydrogen-bond acceptors (Lipinski definition) is 5. The highest BCUT2D eigenvalue weighted by molar-refractivity contribution is 7.80. The molecular weight excluding hydrogens is 262 g/mol. The summed E-state index contributed by atoms with van der Waals surface area (Å²) in [6, 6.07) is 8.25. The summed E-state index contributed by atoms with van der Waals surface area (Å²) in [4.78, 5) is 6.94.